The van der Waals surface area contributed by atoms with Gasteiger partial charge >= 0.3 is 12.1 Å². The van der Waals surface area contributed by atoms with Crippen LogP contribution in [-0.2, 0) is 19.1 Å². The van der Waals surface area contributed by atoms with Crippen molar-refractivity contribution in [1.82, 2.24) is 10.6 Å². The van der Waals surface area contributed by atoms with E-state index < -0.39 is 35.7 Å². The number of carbonyl (C=O) groups is 3. The number of alkyl carbamates (subject to hydrolysis) is 1. The minimum Gasteiger partial charge on any atom is -0.480 e. The third kappa shape index (κ3) is 6.39. The van der Waals surface area contributed by atoms with Crippen molar-refractivity contribution in [2.45, 2.75) is 63.6 Å². The first-order valence-electron chi connectivity index (χ1n) is 11.9. The van der Waals surface area contributed by atoms with Gasteiger partial charge in [0.25, 0.3) is 0 Å². The number of rotatable bonds is 11. The van der Waals surface area contributed by atoms with Gasteiger partial charge in [-0.2, -0.15) is 0 Å². The molecule has 3 N–H and O–H groups in total. The quantitative estimate of drug-likeness (QED) is 0.445. The zero-order chi connectivity index (χ0) is 25.6. The van der Waals surface area contributed by atoms with Crippen LogP contribution in [0.1, 0.15) is 57.1 Å². The molecule has 8 heteroatoms. The highest BCUT2D eigenvalue weighted by Gasteiger charge is 2.32. The minimum atomic E-state index is -1.17. The van der Waals surface area contributed by atoms with Gasteiger partial charge < -0.3 is 25.2 Å². The summed E-state index contributed by atoms with van der Waals surface area (Å²) in [5.74, 6) is -1.83. The Bertz CT molecular complexity index is 1020. The van der Waals surface area contributed by atoms with Gasteiger partial charge in [0.2, 0.25) is 5.91 Å². The number of nitrogens with one attached hydrogen (secondary N) is 2. The van der Waals surface area contributed by atoms with Crippen molar-refractivity contribution >= 4 is 18.0 Å². The lowest BCUT2D eigenvalue weighted by Gasteiger charge is -2.28. The molecule has 2 amide bonds. The predicted molar refractivity (Wildman–Crippen MR) is 132 cm³/mol. The average molecular weight is 483 g/mol. The molecular weight excluding hydrogens is 448 g/mol. The van der Waals surface area contributed by atoms with Gasteiger partial charge in [0.05, 0.1) is 5.60 Å². The molecule has 0 saturated carbocycles. The van der Waals surface area contributed by atoms with Crippen LogP contribution in [0.15, 0.2) is 48.5 Å². The van der Waals surface area contributed by atoms with E-state index in [9.17, 15) is 19.5 Å². The molecule has 1 aliphatic carbocycles. The number of benzene rings is 2. The molecular formula is C27H34N2O6. The summed E-state index contributed by atoms with van der Waals surface area (Å²) in [6, 6.07) is 14.0. The molecule has 0 aromatic heterocycles. The Hall–Kier alpha value is -3.39. The molecule has 0 heterocycles. The Morgan fingerprint density at radius 1 is 0.971 bits per heavy atom. The van der Waals surface area contributed by atoms with Crippen LogP contribution >= 0.6 is 0 Å². The number of carboxylic acids is 1. The molecule has 0 fully saturated rings. The largest absolute Gasteiger partial charge is 0.480 e. The van der Waals surface area contributed by atoms with Crippen LogP contribution < -0.4 is 10.6 Å². The van der Waals surface area contributed by atoms with Crippen LogP contribution in [0, 0.1) is 0 Å². The lowest BCUT2D eigenvalue weighted by molar-refractivity contribution is -0.144. The van der Waals surface area contributed by atoms with Gasteiger partial charge in [0.15, 0.2) is 0 Å². The monoisotopic (exact) mass is 482 g/mol. The molecule has 188 valence electrons. The van der Waals surface area contributed by atoms with Gasteiger partial charge in [0.1, 0.15) is 18.7 Å². The Morgan fingerprint density at radius 2 is 1.54 bits per heavy atom. The van der Waals surface area contributed by atoms with Gasteiger partial charge in [-0.05, 0) is 42.5 Å². The van der Waals surface area contributed by atoms with E-state index in [0.717, 1.165) is 22.3 Å². The lowest BCUT2D eigenvalue weighted by atomic mass is 9.98. The number of carbonyl (C=O) groups excluding carboxylic acids is 2. The van der Waals surface area contributed by atoms with Crippen molar-refractivity contribution in [2.24, 2.45) is 0 Å². The summed E-state index contributed by atoms with van der Waals surface area (Å²) >= 11 is 0. The number of methoxy groups -OCH3 is 1. The van der Waals surface area contributed by atoms with E-state index in [1.165, 1.54) is 7.11 Å². The average Bonchev–Trinajstić information content (AvgIpc) is 3.15. The van der Waals surface area contributed by atoms with E-state index in [1.54, 1.807) is 13.8 Å². The van der Waals surface area contributed by atoms with E-state index in [2.05, 4.69) is 22.8 Å². The number of fused-ring (bicyclic) bond motifs is 3. The highest BCUT2D eigenvalue weighted by atomic mass is 16.5. The molecule has 0 spiro atoms. The van der Waals surface area contributed by atoms with Crippen molar-refractivity contribution in [3.63, 3.8) is 0 Å². The summed E-state index contributed by atoms with van der Waals surface area (Å²) < 4.78 is 10.8. The maximum Gasteiger partial charge on any atom is 0.407 e. The zero-order valence-corrected chi connectivity index (χ0v) is 20.7. The molecule has 35 heavy (non-hydrogen) atoms. The number of carboxylic acid groups (broad SMARTS) is 1. The van der Waals surface area contributed by atoms with Gasteiger partial charge in [-0.25, -0.2) is 9.59 Å². The van der Waals surface area contributed by atoms with Gasteiger partial charge in [-0.1, -0.05) is 61.9 Å². The number of hydrogen-bond acceptors (Lipinski definition) is 5. The first kappa shape index (κ1) is 26.2. The first-order chi connectivity index (χ1) is 16.7. The Morgan fingerprint density at radius 3 is 2.06 bits per heavy atom. The van der Waals surface area contributed by atoms with Crippen LogP contribution in [-0.4, -0.2) is 54.5 Å². The molecule has 2 atom stereocenters. The second-order valence-corrected chi connectivity index (χ2v) is 9.38. The van der Waals surface area contributed by atoms with Gasteiger partial charge in [-0.15, -0.1) is 0 Å². The highest BCUT2D eigenvalue weighted by molar-refractivity contribution is 5.89. The fraction of sp³-hybridized carbons (Fsp3) is 0.444. The zero-order valence-electron chi connectivity index (χ0n) is 20.7. The van der Waals surface area contributed by atoms with Gasteiger partial charge in [0, 0.05) is 19.4 Å². The summed E-state index contributed by atoms with van der Waals surface area (Å²) in [5, 5.41) is 14.7. The Balaban J connectivity index is 1.64. The molecule has 0 bridgehead atoms. The van der Waals surface area contributed by atoms with Crippen molar-refractivity contribution in [1.29, 1.82) is 0 Å². The molecule has 2 aromatic rings. The summed E-state index contributed by atoms with van der Waals surface area (Å²) in [6.45, 7) is 5.49. The van der Waals surface area contributed by atoms with E-state index >= 15 is 0 Å². The Kier molecular flexibility index (Phi) is 8.51. The molecule has 0 aliphatic heterocycles. The van der Waals surface area contributed by atoms with Crippen LogP contribution in [0.5, 0.6) is 0 Å². The van der Waals surface area contributed by atoms with Gasteiger partial charge in [-0.3, -0.25) is 4.79 Å². The lowest BCUT2D eigenvalue weighted by Crippen LogP contribution is -2.53. The molecule has 0 saturated heterocycles. The summed E-state index contributed by atoms with van der Waals surface area (Å²) in [5.41, 5.74) is 3.69. The smallest absolute Gasteiger partial charge is 0.407 e. The van der Waals surface area contributed by atoms with Crippen LogP contribution in [0.3, 0.4) is 0 Å². The SMILES string of the molecule is CCC[C@@H](NC(=O)OCC1c2ccccc2-c2ccccc21)C(=O)NC(CC(C)(C)OC)C(=O)O. The fourth-order valence-corrected chi connectivity index (χ4v) is 4.39. The molecule has 0 radical (unpaired) electrons. The normalized spacial score (nSPS) is 14.4. The van der Waals surface area contributed by atoms with Crippen molar-refractivity contribution in [2.75, 3.05) is 13.7 Å². The molecule has 8 nitrogen and oxygen atoms in total. The summed E-state index contributed by atoms with van der Waals surface area (Å²) in [7, 11) is 1.49. The third-order valence-corrected chi connectivity index (χ3v) is 6.39. The predicted octanol–water partition coefficient (Wildman–Crippen LogP) is 4.08. The number of ether oxygens (including phenoxy) is 2. The maximum absolute atomic E-state index is 12.9. The number of hydrogen-bond donors (Lipinski definition) is 3. The second-order valence-electron chi connectivity index (χ2n) is 9.38. The molecule has 1 aliphatic rings. The van der Waals surface area contributed by atoms with Crippen LogP contribution in [0.2, 0.25) is 0 Å². The van der Waals surface area contributed by atoms with Crippen molar-refractivity contribution in [3.8, 4) is 11.1 Å². The standard InChI is InChI=1S/C27H34N2O6/c1-5-10-22(24(30)28-23(25(31)32)15-27(2,3)34-4)29-26(33)35-16-21-19-13-8-6-11-17(19)18-12-7-9-14-20(18)21/h6-9,11-14,21-23H,5,10,15-16H2,1-4H3,(H,28,30)(H,29,33)(H,31,32)/t22-,23?/m1/s1. The molecule has 2 aromatic carbocycles. The minimum absolute atomic E-state index is 0.0777. The van der Waals surface area contributed by atoms with E-state index in [0.29, 0.717) is 12.8 Å². The molecule has 3 rings (SSSR count). The van der Waals surface area contributed by atoms with Crippen molar-refractivity contribution < 1.29 is 29.0 Å². The first-order valence-corrected chi connectivity index (χ1v) is 11.9. The van der Waals surface area contributed by atoms with Crippen LogP contribution in [0.4, 0.5) is 4.79 Å². The maximum atomic E-state index is 12.9. The van der Waals surface area contributed by atoms with E-state index in [4.69, 9.17) is 9.47 Å². The van der Waals surface area contributed by atoms with E-state index in [1.807, 2.05) is 43.3 Å². The number of amides is 2. The van der Waals surface area contributed by atoms with Crippen LogP contribution in [0.25, 0.3) is 11.1 Å². The van der Waals surface area contributed by atoms with E-state index in [-0.39, 0.29) is 18.9 Å². The van der Waals surface area contributed by atoms with Crippen molar-refractivity contribution in [3.05, 3.63) is 59.7 Å². The topological polar surface area (TPSA) is 114 Å². The highest BCUT2D eigenvalue weighted by Crippen LogP contribution is 2.44. The third-order valence-electron chi connectivity index (χ3n) is 6.39. The summed E-state index contributed by atoms with van der Waals surface area (Å²) in [4.78, 5) is 37.2. The fourth-order valence-electron chi connectivity index (χ4n) is 4.39. The summed E-state index contributed by atoms with van der Waals surface area (Å²) in [6.07, 6.45) is 0.317. The second kappa shape index (κ2) is 11.4. The number of aliphatic carboxylic acids is 1. The Labute approximate surface area is 206 Å². The molecule has 1 unspecified atom stereocenters.